The fraction of sp³-hybridized carbons (Fsp3) is 0.333. The lowest BCUT2D eigenvalue weighted by Crippen LogP contribution is -2.20. The van der Waals surface area contributed by atoms with Crippen LogP contribution < -0.4 is 5.32 Å². The van der Waals surface area contributed by atoms with E-state index in [9.17, 15) is 4.39 Å². The zero-order chi connectivity index (χ0) is 12.3. The molecule has 2 aromatic rings. The highest BCUT2D eigenvalue weighted by atomic mass is 19.1. The van der Waals surface area contributed by atoms with Gasteiger partial charge in [0.1, 0.15) is 18.5 Å². The van der Waals surface area contributed by atoms with Crippen molar-refractivity contribution in [3.63, 3.8) is 0 Å². The number of nitrogens with one attached hydrogen (secondary N) is 1. The molecule has 0 amide bonds. The number of hydrogen-bond donors (Lipinski definition) is 1. The maximum Gasteiger partial charge on any atom is 0.138 e. The molecule has 1 N–H and O–H groups in total. The van der Waals surface area contributed by atoms with Gasteiger partial charge in [0.05, 0.1) is 5.69 Å². The van der Waals surface area contributed by atoms with Crippen molar-refractivity contribution in [2.45, 2.75) is 19.9 Å². The first-order valence-corrected chi connectivity index (χ1v) is 5.60. The molecule has 1 aromatic heterocycles. The van der Waals surface area contributed by atoms with Crippen molar-refractivity contribution in [1.29, 1.82) is 0 Å². The highest BCUT2D eigenvalue weighted by Gasteiger charge is 2.16. The van der Waals surface area contributed by atoms with Gasteiger partial charge in [-0.25, -0.2) is 14.1 Å². The number of halogens is 1. The van der Waals surface area contributed by atoms with E-state index in [0.717, 1.165) is 12.2 Å². The summed E-state index contributed by atoms with van der Waals surface area (Å²) in [6, 6.07) is 4.90. The van der Waals surface area contributed by atoms with Crippen LogP contribution in [0.2, 0.25) is 0 Å². The van der Waals surface area contributed by atoms with Crippen molar-refractivity contribution in [2.75, 3.05) is 6.54 Å². The van der Waals surface area contributed by atoms with Gasteiger partial charge in [-0.15, -0.1) is 0 Å². The molecular weight excluding hydrogens is 219 g/mol. The summed E-state index contributed by atoms with van der Waals surface area (Å²) in [6.07, 6.45) is 3.00. The quantitative estimate of drug-likeness (QED) is 0.880. The molecular formula is C12H15FN4. The van der Waals surface area contributed by atoms with E-state index in [0.29, 0.717) is 5.56 Å². The van der Waals surface area contributed by atoms with Crippen molar-refractivity contribution in [3.8, 4) is 5.69 Å². The first-order valence-electron chi connectivity index (χ1n) is 5.60. The molecule has 90 valence electrons. The molecule has 4 nitrogen and oxygen atoms in total. The van der Waals surface area contributed by atoms with E-state index in [1.807, 2.05) is 19.9 Å². The summed E-state index contributed by atoms with van der Waals surface area (Å²) in [6.45, 7) is 4.71. The van der Waals surface area contributed by atoms with Gasteiger partial charge in [0.15, 0.2) is 0 Å². The zero-order valence-corrected chi connectivity index (χ0v) is 9.89. The fourth-order valence-corrected chi connectivity index (χ4v) is 1.89. The Balaban J connectivity index is 2.49. The lowest BCUT2D eigenvalue weighted by atomic mass is 10.1. The molecule has 0 bridgehead atoms. The topological polar surface area (TPSA) is 42.7 Å². The Labute approximate surface area is 99.5 Å². The molecule has 1 aromatic carbocycles. The normalized spacial score (nSPS) is 12.6. The van der Waals surface area contributed by atoms with Crippen LogP contribution in [0.15, 0.2) is 30.9 Å². The van der Waals surface area contributed by atoms with Gasteiger partial charge in [-0.3, -0.25) is 0 Å². The van der Waals surface area contributed by atoms with Gasteiger partial charge in [0.25, 0.3) is 0 Å². The van der Waals surface area contributed by atoms with Crippen molar-refractivity contribution in [3.05, 3.63) is 42.2 Å². The molecule has 0 aliphatic heterocycles. The molecule has 0 aliphatic rings. The van der Waals surface area contributed by atoms with Gasteiger partial charge < -0.3 is 5.32 Å². The second-order valence-electron chi connectivity index (χ2n) is 3.79. The number of nitrogens with zero attached hydrogens (tertiary/aromatic N) is 3. The third-order valence-corrected chi connectivity index (χ3v) is 2.64. The van der Waals surface area contributed by atoms with Crippen LogP contribution in [0, 0.1) is 5.82 Å². The summed E-state index contributed by atoms with van der Waals surface area (Å²) in [4.78, 5) is 3.88. The summed E-state index contributed by atoms with van der Waals surface area (Å²) in [5.41, 5.74) is 1.33. The van der Waals surface area contributed by atoms with E-state index in [-0.39, 0.29) is 11.9 Å². The smallest absolute Gasteiger partial charge is 0.138 e. The Morgan fingerprint density at radius 1 is 1.47 bits per heavy atom. The van der Waals surface area contributed by atoms with Crippen LogP contribution in [0.25, 0.3) is 5.69 Å². The van der Waals surface area contributed by atoms with Crippen LogP contribution in [-0.4, -0.2) is 21.3 Å². The molecule has 2 rings (SSSR count). The monoisotopic (exact) mass is 234 g/mol. The summed E-state index contributed by atoms with van der Waals surface area (Å²) in [5, 5.41) is 7.25. The Kier molecular flexibility index (Phi) is 3.49. The van der Waals surface area contributed by atoms with Crippen LogP contribution in [0.3, 0.4) is 0 Å². The van der Waals surface area contributed by atoms with Crippen LogP contribution in [0.4, 0.5) is 4.39 Å². The van der Waals surface area contributed by atoms with E-state index in [2.05, 4.69) is 15.4 Å². The molecule has 0 fully saturated rings. The summed E-state index contributed by atoms with van der Waals surface area (Å²) in [5.74, 6) is -0.230. The maximum atomic E-state index is 13.9. The number of hydrogen-bond acceptors (Lipinski definition) is 3. The standard InChI is InChI=1S/C12H15FN4/c1-3-15-9(2)12-10(13)5-4-6-11(12)17-8-14-7-16-17/h4-9,15H,3H2,1-2H3. The first-order chi connectivity index (χ1) is 8.24. The Morgan fingerprint density at radius 2 is 2.29 bits per heavy atom. The average Bonchev–Trinajstić information content (AvgIpc) is 2.82. The Bertz CT molecular complexity index is 481. The minimum atomic E-state index is -0.230. The minimum absolute atomic E-state index is 0.0691. The second kappa shape index (κ2) is 5.05. The zero-order valence-electron chi connectivity index (χ0n) is 9.89. The number of rotatable bonds is 4. The predicted molar refractivity (Wildman–Crippen MR) is 63.4 cm³/mol. The largest absolute Gasteiger partial charge is 0.310 e. The van der Waals surface area contributed by atoms with E-state index in [1.54, 1.807) is 17.1 Å². The molecule has 0 radical (unpaired) electrons. The lowest BCUT2D eigenvalue weighted by molar-refractivity contribution is 0.536. The van der Waals surface area contributed by atoms with E-state index >= 15 is 0 Å². The van der Waals surface area contributed by atoms with Crippen LogP contribution in [-0.2, 0) is 0 Å². The van der Waals surface area contributed by atoms with Gasteiger partial charge in [0.2, 0.25) is 0 Å². The van der Waals surface area contributed by atoms with Gasteiger partial charge in [-0.05, 0) is 25.6 Å². The molecule has 17 heavy (non-hydrogen) atoms. The Morgan fingerprint density at radius 3 is 2.94 bits per heavy atom. The predicted octanol–water partition coefficient (Wildman–Crippen LogP) is 2.08. The highest BCUT2D eigenvalue weighted by Crippen LogP contribution is 2.23. The van der Waals surface area contributed by atoms with Crippen LogP contribution >= 0.6 is 0 Å². The molecule has 1 unspecified atom stereocenters. The van der Waals surface area contributed by atoms with Crippen molar-refractivity contribution < 1.29 is 4.39 Å². The lowest BCUT2D eigenvalue weighted by Gasteiger charge is -2.17. The molecule has 1 atom stereocenters. The van der Waals surface area contributed by atoms with Crippen molar-refractivity contribution in [2.24, 2.45) is 0 Å². The second-order valence-corrected chi connectivity index (χ2v) is 3.79. The maximum absolute atomic E-state index is 13.9. The van der Waals surface area contributed by atoms with Gasteiger partial charge in [-0.1, -0.05) is 13.0 Å². The fourth-order valence-electron chi connectivity index (χ4n) is 1.89. The highest BCUT2D eigenvalue weighted by molar-refractivity contribution is 5.42. The minimum Gasteiger partial charge on any atom is -0.310 e. The van der Waals surface area contributed by atoms with Gasteiger partial charge in [-0.2, -0.15) is 5.10 Å². The third-order valence-electron chi connectivity index (χ3n) is 2.64. The van der Waals surface area contributed by atoms with Crippen LogP contribution in [0.1, 0.15) is 25.5 Å². The number of benzene rings is 1. The molecule has 0 aliphatic carbocycles. The third kappa shape index (κ3) is 2.34. The SMILES string of the molecule is CCNC(C)c1c(F)cccc1-n1cncn1. The average molecular weight is 234 g/mol. The van der Waals surface area contributed by atoms with Crippen molar-refractivity contribution >= 4 is 0 Å². The Hall–Kier alpha value is -1.75. The summed E-state index contributed by atoms with van der Waals surface area (Å²) < 4.78 is 15.5. The molecule has 0 saturated heterocycles. The van der Waals surface area contributed by atoms with E-state index < -0.39 is 0 Å². The van der Waals surface area contributed by atoms with Crippen LogP contribution in [0.5, 0.6) is 0 Å². The summed E-state index contributed by atoms with van der Waals surface area (Å²) >= 11 is 0. The van der Waals surface area contributed by atoms with E-state index in [1.165, 1.54) is 12.4 Å². The van der Waals surface area contributed by atoms with E-state index in [4.69, 9.17) is 0 Å². The first kappa shape index (κ1) is 11.7. The van der Waals surface area contributed by atoms with Gasteiger partial charge >= 0.3 is 0 Å². The van der Waals surface area contributed by atoms with Gasteiger partial charge in [0, 0.05) is 11.6 Å². The summed E-state index contributed by atoms with van der Waals surface area (Å²) in [7, 11) is 0. The molecule has 0 spiro atoms. The molecule has 5 heteroatoms. The number of aromatic nitrogens is 3. The van der Waals surface area contributed by atoms with Crippen molar-refractivity contribution in [1.82, 2.24) is 20.1 Å². The molecule has 1 heterocycles. The molecule has 0 saturated carbocycles.